The van der Waals surface area contributed by atoms with Crippen LogP contribution in [0.2, 0.25) is 0 Å². The van der Waals surface area contributed by atoms with Crippen LogP contribution in [-0.2, 0) is 6.54 Å². The van der Waals surface area contributed by atoms with Crippen molar-refractivity contribution in [1.82, 2.24) is 9.55 Å². The first kappa shape index (κ1) is 14.4. The molecule has 2 aromatic rings. The zero-order chi connectivity index (χ0) is 14.7. The molecular weight excluding hydrogens is 254 g/mol. The predicted molar refractivity (Wildman–Crippen MR) is 78.2 cm³/mol. The highest BCUT2D eigenvalue weighted by Gasteiger charge is 2.12. The first-order chi connectivity index (χ1) is 9.56. The second kappa shape index (κ2) is 5.96. The summed E-state index contributed by atoms with van der Waals surface area (Å²) in [6, 6.07) is 5.63. The molecule has 0 radical (unpaired) electrons. The second-order valence-corrected chi connectivity index (χ2v) is 4.79. The number of nitrogens with two attached hydrogens (primary N) is 1. The average molecular weight is 275 g/mol. The number of hydrogen-bond acceptors (Lipinski definition) is 4. The molecule has 0 amide bonds. The molecule has 0 aliphatic carbocycles. The molecule has 1 aromatic carbocycles. The number of aromatic nitrogens is 2. The Morgan fingerprint density at radius 3 is 2.45 bits per heavy atom. The fourth-order valence-electron chi connectivity index (χ4n) is 2.13. The molecule has 0 bridgehead atoms. The van der Waals surface area contributed by atoms with Crippen LogP contribution >= 0.6 is 0 Å². The van der Waals surface area contributed by atoms with Crippen molar-refractivity contribution in [3.05, 3.63) is 41.5 Å². The molecule has 0 fully saturated rings. The Morgan fingerprint density at radius 2 is 1.90 bits per heavy atom. The fourth-order valence-corrected chi connectivity index (χ4v) is 2.13. The van der Waals surface area contributed by atoms with Crippen LogP contribution in [-0.4, -0.2) is 23.8 Å². The topological polar surface area (TPSA) is 62.3 Å². The first-order valence-electron chi connectivity index (χ1n) is 6.52. The molecule has 0 saturated heterocycles. The highest BCUT2D eigenvalue weighted by Crippen LogP contribution is 2.29. The van der Waals surface area contributed by atoms with Crippen LogP contribution in [0, 0.1) is 13.8 Å². The third-order valence-corrected chi connectivity index (χ3v) is 3.57. The number of imidazole rings is 1. The van der Waals surface area contributed by atoms with Gasteiger partial charge in [-0.1, -0.05) is 6.07 Å². The lowest BCUT2D eigenvalue weighted by Crippen LogP contribution is -2.18. The Labute approximate surface area is 119 Å². The number of rotatable bonds is 5. The van der Waals surface area contributed by atoms with E-state index in [9.17, 15) is 0 Å². The van der Waals surface area contributed by atoms with Gasteiger partial charge in [-0.25, -0.2) is 4.98 Å². The first-order valence-corrected chi connectivity index (χ1v) is 6.52. The zero-order valence-corrected chi connectivity index (χ0v) is 12.4. The minimum Gasteiger partial charge on any atom is -0.493 e. The van der Waals surface area contributed by atoms with Crippen LogP contribution < -0.4 is 15.2 Å². The molecule has 1 aromatic heterocycles. The molecule has 5 heteroatoms. The number of aryl methyl sites for hydroxylation is 1. The third-order valence-electron chi connectivity index (χ3n) is 3.57. The maximum absolute atomic E-state index is 6.28. The summed E-state index contributed by atoms with van der Waals surface area (Å²) in [5.74, 6) is 1.40. The lowest BCUT2D eigenvalue weighted by molar-refractivity contribution is 0.354. The van der Waals surface area contributed by atoms with E-state index in [0.29, 0.717) is 18.0 Å². The largest absolute Gasteiger partial charge is 0.493 e. The van der Waals surface area contributed by atoms with Crippen molar-refractivity contribution in [3.63, 3.8) is 0 Å². The van der Waals surface area contributed by atoms with Crippen molar-refractivity contribution in [2.75, 3.05) is 14.2 Å². The lowest BCUT2D eigenvalue weighted by atomic mass is 10.1. The van der Waals surface area contributed by atoms with Crippen LogP contribution in [0.3, 0.4) is 0 Å². The summed E-state index contributed by atoms with van der Waals surface area (Å²) in [4.78, 5) is 4.29. The maximum atomic E-state index is 6.28. The van der Waals surface area contributed by atoms with Crippen molar-refractivity contribution in [2.45, 2.75) is 26.4 Å². The monoisotopic (exact) mass is 275 g/mol. The molecule has 1 atom stereocenters. The molecule has 2 N–H and O–H groups in total. The normalized spacial score (nSPS) is 12.2. The maximum Gasteiger partial charge on any atom is 0.161 e. The standard InChI is InChI=1S/C15H21N3O2/c1-10-11(2)18(9-17-10)8-13(16)12-5-6-14(19-3)15(7-12)20-4/h5-7,9,13H,8,16H2,1-4H3. The van der Waals surface area contributed by atoms with E-state index in [1.807, 2.05) is 38.4 Å². The quantitative estimate of drug-likeness (QED) is 0.908. The summed E-state index contributed by atoms with van der Waals surface area (Å²) < 4.78 is 12.6. The Hall–Kier alpha value is -2.01. The molecular formula is C15H21N3O2. The van der Waals surface area contributed by atoms with Gasteiger partial charge < -0.3 is 19.8 Å². The van der Waals surface area contributed by atoms with Crippen molar-refractivity contribution in [1.29, 1.82) is 0 Å². The Kier molecular flexibility index (Phi) is 4.29. The Balaban J connectivity index is 2.21. The van der Waals surface area contributed by atoms with E-state index in [1.54, 1.807) is 14.2 Å². The molecule has 5 nitrogen and oxygen atoms in total. The van der Waals surface area contributed by atoms with Crippen molar-refractivity contribution in [2.24, 2.45) is 5.73 Å². The minimum atomic E-state index is -0.123. The Bertz CT molecular complexity index is 593. The van der Waals surface area contributed by atoms with Crippen LogP contribution in [0.5, 0.6) is 11.5 Å². The van der Waals surface area contributed by atoms with Crippen LogP contribution in [0.15, 0.2) is 24.5 Å². The van der Waals surface area contributed by atoms with E-state index in [-0.39, 0.29) is 6.04 Å². The number of hydrogen-bond donors (Lipinski definition) is 1. The highest BCUT2D eigenvalue weighted by molar-refractivity contribution is 5.43. The summed E-state index contributed by atoms with van der Waals surface area (Å²) in [7, 11) is 3.24. The van der Waals surface area contributed by atoms with E-state index < -0.39 is 0 Å². The van der Waals surface area contributed by atoms with Gasteiger partial charge in [-0.2, -0.15) is 0 Å². The van der Waals surface area contributed by atoms with E-state index in [4.69, 9.17) is 15.2 Å². The van der Waals surface area contributed by atoms with Gasteiger partial charge in [0.25, 0.3) is 0 Å². The van der Waals surface area contributed by atoms with Gasteiger partial charge in [0.15, 0.2) is 11.5 Å². The zero-order valence-electron chi connectivity index (χ0n) is 12.4. The van der Waals surface area contributed by atoms with Crippen molar-refractivity contribution >= 4 is 0 Å². The van der Waals surface area contributed by atoms with E-state index in [1.165, 1.54) is 0 Å². The Morgan fingerprint density at radius 1 is 1.20 bits per heavy atom. The van der Waals surface area contributed by atoms with Crippen LogP contribution in [0.25, 0.3) is 0 Å². The van der Waals surface area contributed by atoms with Gasteiger partial charge in [0.1, 0.15) is 0 Å². The molecule has 0 spiro atoms. The minimum absolute atomic E-state index is 0.123. The number of nitrogens with zero attached hydrogens (tertiary/aromatic N) is 2. The number of methoxy groups -OCH3 is 2. The second-order valence-electron chi connectivity index (χ2n) is 4.79. The highest BCUT2D eigenvalue weighted by atomic mass is 16.5. The molecule has 0 saturated carbocycles. The van der Waals surface area contributed by atoms with Crippen LogP contribution in [0.4, 0.5) is 0 Å². The average Bonchev–Trinajstić information content (AvgIpc) is 2.78. The van der Waals surface area contributed by atoms with E-state index >= 15 is 0 Å². The van der Waals surface area contributed by atoms with Crippen molar-refractivity contribution in [3.8, 4) is 11.5 Å². The van der Waals surface area contributed by atoms with Gasteiger partial charge in [0, 0.05) is 18.3 Å². The smallest absolute Gasteiger partial charge is 0.161 e. The third kappa shape index (κ3) is 2.77. The summed E-state index contributed by atoms with van der Waals surface area (Å²) in [5, 5.41) is 0. The summed E-state index contributed by atoms with van der Waals surface area (Å²) in [6.07, 6.45) is 1.82. The van der Waals surface area contributed by atoms with Gasteiger partial charge >= 0.3 is 0 Å². The molecule has 2 rings (SSSR count). The lowest BCUT2D eigenvalue weighted by Gasteiger charge is -2.16. The van der Waals surface area contributed by atoms with E-state index in [0.717, 1.165) is 17.0 Å². The summed E-state index contributed by atoms with van der Waals surface area (Å²) in [6.45, 7) is 4.72. The van der Waals surface area contributed by atoms with Crippen LogP contribution in [0.1, 0.15) is 23.0 Å². The molecule has 1 unspecified atom stereocenters. The fraction of sp³-hybridized carbons (Fsp3) is 0.400. The predicted octanol–water partition coefficient (Wildman–Crippen LogP) is 2.22. The van der Waals surface area contributed by atoms with Gasteiger partial charge in [-0.3, -0.25) is 0 Å². The van der Waals surface area contributed by atoms with Crippen molar-refractivity contribution < 1.29 is 9.47 Å². The van der Waals surface area contributed by atoms with Gasteiger partial charge in [0.2, 0.25) is 0 Å². The molecule has 1 heterocycles. The summed E-state index contributed by atoms with van der Waals surface area (Å²) >= 11 is 0. The molecule has 0 aliphatic heterocycles. The van der Waals surface area contributed by atoms with E-state index in [2.05, 4.69) is 9.55 Å². The molecule has 20 heavy (non-hydrogen) atoms. The van der Waals surface area contributed by atoms with Gasteiger partial charge in [-0.05, 0) is 31.5 Å². The number of benzene rings is 1. The van der Waals surface area contributed by atoms with Gasteiger partial charge in [0.05, 0.1) is 26.2 Å². The molecule has 108 valence electrons. The number of ether oxygens (including phenoxy) is 2. The molecule has 0 aliphatic rings. The summed E-state index contributed by atoms with van der Waals surface area (Å²) in [5.41, 5.74) is 9.45. The SMILES string of the molecule is COc1ccc(C(N)Cn2cnc(C)c2C)cc1OC. The van der Waals surface area contributed by atoms with Gasteiger partial charge in [-0.15, -0.1) is 0 Å².